The molecule has 0 aliphatic heterocycles. The van der Waals surface area contributed by atoms with Gasteiger partial charge in [0.05, 0.1) is 25.4 Å². The highest BCUT2D eigenvalue weighted by atomic mass is 16.7. The van der Waals surface area contributed by atoms with Crippen molar-refractivity contribution in [3.8, 4) is 11.5 Å². The van der Waals surface area contributed by atoms with E-state index in [0.29, 0.717) is 32.3 Å². The second-order valence-electron chi connectivity index (χ2n) is 15.3. The van der Waals surface area contributed by atoms with Crippen LogP contribution in [0.4, 0.5) is 4.79 Å². The quantitative estimate of drug-likeness (QED) is 0.0911. The summed E-state index contributed by atoms with van der Waals surface area (Å²) in [5.41, 5.74) is -1.50. The fraction of sp³-hybridized carbons (Fsp3) is 0.675. The minimum Gasteiger partial charge on any atom is -0.493 e. The number of hydrogen-bond acceptors (Lipinski definition) is 11. The monoisotopic (exact) mass is 710 g/mol. The van der Waals surface area contributed by atoms with Crippen molar-refractivity contribution in [1.29, 1.82) is 0 Å². The number of ether oxygens (including phenoxy) is 5. The number of unbranched alkanes of at least 4 members (excludes halogenated alkanes) is 3. The first kappa shape index (κ1) is 38.5. The third-order valence-corrected chi connectivity index (χ3v) is 12.4. The van der Waals surface area contributed by atoms with Gasteiger partial charge in [-0.2, -0.15) is 0 Å². The first-order valence-electron chi connectivity index (χ1n) is 18.7. The number of fused-ring (bicyclic) bond motifs is 5. The molecule has 5 rings (SSSR count). The zero-order valence-corrected chi connectivity index (χ0v) is 30.8. The fourth-order valence-corrected chi connectivity index (χ4v) is 9.76. The van der Waals surface area contributed by atoms with E-state index in [0.717, 1.165) is 44.1 Å². The van der Waals surface area contributed by atoms with Crippen LogP contribution in [0.3, 0.4) is 0 Å². The van der Waals surface area contributed by atoms with Gasteiger partial charge < -0.3 is 28.8 Å². The number of carbonyl (C=O) groups excluding carboxylic acids is 5. The molecule has 11 nitrogen and oxygen atoms in total. The number of carbonyl (C=O) groups is 5. The van der Waals surface area contributed by atoms with Crippen LogP contribution < -0.4 is 9.47 Å². The molecule has 3 fully saturated rings. The molecule has 4 aliphatic carbocycles. The van der Waals surface area contributed by atoms with Gasteiger partial charge in [-0.1, -0.05) is 52.5 Å². The van der Waals surface area contributed by atoms with Crippen molar-refractivity contribution in [2.24, 2.45) is 28.6 Å². The summed E-state index contributed by atoms with van der Waals surface area (Å²) in [6.45, 7) is 7.71. The highest BCUT2D eigenvalue weighted by Crippen LogP contribution is 2.68. The Morgan fingerprint density at radius 1 is 0.941 bits per heavy atom. The van der Waals surface area contributed by atoms with Gasteiger partial charge in [-0.15, -0.1) is 0 Å². The summed E-state index contributed by atoms with van der Waals surface area (Å²) < 4.78 is 27.6. The Balaban J connectivity index is 1.32. The molecule has 7 unspecified atom stereocenters. The predicted molar refractivity (Wildman–Crippen MR) is 186 cm³/mol. The van der Waals surface area contributed by atoms with Crippen LogP contribution in [0, 0.1) is 28.6 Å². The van der Waals surface area contributed by atoms with Crippen LogP contribution in [0.25, 0.3) is 0 Å². The number of aliphatic hydroxyl groups excluding tert-OH is 1. The Labute approximate surface area is 300 Å². The number of esters is 2. The molecule has 4 aliphatic rings. The standard InChI is InChI=1S/C40H54O11/c1-6-8-10-20-48-36(45)25-12-15-31(32(21-25)47-5)50-37(46)49-24-33(43)40(51-34(44)11-9-7-2)19-17-29-28-14-13-26-22-27(41)16-18-38(26,3)35(28)30(42)23-39(29,40)4/h12,15,21-22,28-30,35,42H,6-11,13-14,16-20,23-24H2,1-5H3. The molecule has 0 aromatic heterocycles. The lowest BCUT2D eigenvalue weighted by atomic mass is 9.45. The molecule has 3 saturated carbocycles. The summed E-state index contributed by atoms with van der Waals surface area (Å²) in [7, 11) is 1.36. The van der Waals surface area contributed by atoms with Gasteiger partial charge >= 0.3 is 18.1 Å². The van der Waals surface area contributed by atoms with Gasteiger partial charge in [-0.05, 0) is 98.8 Å². The Morgan fingerprint density at radius 3 is 2.43 bits per heavy atom. The number of rotatable bonds is 14. The zero-order valence-electron chi connectivity index (χ0n) is 30.8. The first-order chi connectivity index (χ1) is 24.3. The van der Waals surface area contributed by atoms with Gasteiger partial charge in [0.1, 0.15) is 0 Å². The maximum absolute atomic E-state index is 14.3. The van der Waals surface area contributed by atoms with E-state index in [1.165, 1.54) is 25.3 Å². The number of methoxy groups -OCH3 is 1. The minimum atomic E-state index is -1.61. The average Bonchev–Trinajstić information content (AvgIpc) is 3.39. The maximum atomic E-state index is 14.3. The van der Waals surface area contributed by atoms with Crippen LogP contribution in [0.2, 0.25) is 0 Å². The molecule has 1 aromatic rings. The number of hydrogen-bond donors (Lipinski definition) is 1. The van der Waals surface area contributed by atoms with Crippen molar-refractivity contribution in [3.63, 3.8) is 0 Å². The van der Waals surface area contributed by atoms with Crippen molar-refractivity contribution in [2.45, 2.75) is 123 Å². The van der Waals surface area contributed by atoms with Crippen LogP contribution >= 0.6 is 0 Å². The Morgan fingerprint density at radius 2 is 1.71 bits per heavy atom. The lowest BCUT2D eigenvalue weighted by Crippen LogP contribution is -2.63. The molecule has 0 saturated heterocycles. The van der Waals surface area contributed by atoms with E-state index in [1.807, 2.05) is 13.8 Å². The molecule has 0 amide bonds. The third kappa shape index (κ3) is 7.46. The Kier molecular flexibility index (Phi) is 12.0. The first-order valence-corrected chi connectivity index (χ1v) is 18.7. The summed E-state index contributed by atoms with van der Waals surface area (Å²) >= 11 is 0. The van der Waals surface area contributed by atoms with Crippen molar-refractivity contribution >= 4 is 29.7 Å². The normalized spacial score (nSPS) is 30.9. The fourth-order valence-electron chi connectivity index (χ4n) is 9.76. The van der Waals surface area contributed by atoms with Crippen molar-refractivity contribution in [3.05, 3.63) is 35.4 Å². The Bertz CT molecular complexity index is 1530. The van der Waals surface area contributed by atoms with E-state index in [1.54, 1.807) is 6.08 Å². The lowest BCUT2D eigenvalue weighted by Gasteiger charge is -2.60. The highest BCUT2D eigenvalue weighted by Gasteiger charge is 2.70. The summed E-state index contributed by atoms with van der Waals surface area (Å²) in [5, 5.41) is 11.9. The molecule has 280 valence electrons. The smallest absolute Gasteiger partial charge is 0.493 e. The lowest BCUT2D eigenvalue weighted by molar-refractivity contribution is -0.202. The maximum Gasteiger partial charge on any atom is 0.514 e. The number of benzene rings is 1. The van der Waals surface area contributed by atoms with Crippen molar-refractivity contribution in [1.82, 2.24) is 0 Å². The van der Waals surface area contributed by atoms with Crippen LogP contribution in [0.15, 0.2) is 29.8 Å². The zero-order chi connectivity index (χ0) is 37.0. The van der Waals surface area contributed by atoms with E-state index < -0.39 is 47.6 Å². The van der Waals surface area contributed by atoms with Crippen LogP contribution in [-0.2, 0) is 28.6 Å². The van der Waals surface area contributed by atoms with E-state index in [4.69, 9.17) is 23.7 Å². The van der Waals surface area contributed by atoms with Crippen molar-refractivity contribution < 1.29 is 52.8 Å². The second-order valence-corrected chi connectivity index (χ2v) is 15.3. The highest BCUT2D eigenvalue weighted by molar-refractivity contribution is 5.94. The van der Waals surface area contributed by atoms with E-state index in [2.05, 4.69) is 13.8 Å². The van der Waals surface area contributed by atoms with Gasteiger partial charge in [0.25, 0.3) is 0 Å². The molecule has 0 spiro atoms. The topological polar surface area (TPSA) is 152 Å². The van der Waals surface area contributed by atoms with Gasteiger partial charge in [0.15, 0.2) is 29.5 Å². The molecule has 0 radical (unpaired) electrons. The summed E-state index contributed by atoms with van der Waals surface area (Å²) in [6.07, 6.45) is 7.79. The molecular formula is C40H54O11. The average molecular weight is 711 g/mol. The molecule has 0 heterocycles. The summed E-state index contributed by atoms with van der Waals surface area (Å²) in [6, 6.07) is 4.23. The molecule has 1 aromatic carbocycles. The molecular weight excluding hydrogens is 656 g/mol. The van der Waals surface area contributed by atoms with Gasteiger partial charge in [0, 0.05) is 18.3 Å². The molecule has 11 heteroatoms. The van der Waals surface area contributed by atoms with Crippen LogP contribution in [0.5, 0.6) is 11.5 Å². The van der Waals surface area contributed by atoms with Gasteiger partial charge in [-0.3, -0.25) is 14.4 Å². The predicted octanol–water partition coefficient (Wildman–Crippen LogP) is 7.10. The molecule has 1 N–H and O–H groups in total. The summed E-state index contributed by atoms with van der Waals surface area (Å²) in [5.74, 6) is -1.42. The number of allylic oxidation sites excluding steroid dienone is 1. The van der Waals surface area contributed by atoms with E-state index in [-0.39, 0.29) is 65.3 Å². The Hall–Kier alpha value is -3.73. The van der Waals surface area contributed by atoms with Crippen LogP contribution in [-0.4, -0.2) is 66.8 Å². The summed E-state index contributed by atoms with van der Waals surface area (Å²) in [4.78, 5) is 65.4. The van der Waals surface area contributed by atoms with E-state index >= 15 is 0 Å². The SMILES string of the molecule is CCCCCOC(=O)c1ccc(OC(=O)OCC(=O)C2(OC(=O)CCCC)CCC3C4CCC5=CC(=O)CCC5(C)C4C(O)CC32C)c(OC)c1. The molecule has 51 heavy (non-hydrogen) atoms. The van der Waals surface area contributed by atoms with Crippen LogP contribution in [0.1, 0.15) is 122 Å². The third-order valence-electron chi connectivity index (χ3n) is 12.4. The van der Waals surface area contributed by atoms with Crippen molar-refractivity contribution in [2.75, 3.05) is 20.3 Å². The van der Waals surface area contributed by atoms with E-state index in [9.17, 15) is 29.1 Å². The largest absolute Gasteiger partial charge is 0.514 e. The second kappa shape index (κ2) is 15.9. The van der Waals surface area contributed by atoms with Gasteiger partial charge in [0.2, 0.25) is 5.78 Å². The molecule has 0 bridgehead atoms. The minimum absolute atomic E-state index is 0.0175. The number of Topliss-reactive ketones (excluding diaryl/α,β-unsaturated/α-hetero) is 1. The van der Waals surface area contributed by atoms with Gasteiger partial charge in [-0.25, -0.2) is 9.59 Å². The molecule has 7 atom stereocenters. The number of ketones is 2. The number of aliphatic hydroxyl groups is 1.